The van der Waals surface area contributed by atoms with Crippen LogP contribution in [0.3, 0.4) is 0 Å². The van der Waals surface area contributed by atoms with Crippen molar-refractivity contribution in [1.29, 1.82) is 0 Å². The van der Waals surface area contributed by atoms with Crippen LogP contribution in [-0.4, -0.2) is 33.6 Å². The number of carbonyl (C=O) groups excluding carboxylic acids is 1. The number of halogens is 1. The minimum absolute atomic E-state index is 0.0325. The van der Waals surface area contributed by atoms with Gasteiger partial charge in [-0.1, -0.05) is 12.1 Å². The van der Waals surface area contributed by atoms with Gasteiger partial charge in [-0.2, -0.15) is 0 Å². The highest BCUT2D eigenvalue weighted by molar-refractivity contribution is 14.1. The summed E-state index contributed by atoms with van der Waals surface area (Å²) in [6.45, 7) is 1.28. The third-order valence-electron chi connectivity index (χ3n) is 6.01. The van der Waals surface area contributed by atoms with E-state index >= 15 is 0 Å². The van der Waals surface area contributed by atoms with Crippen LogP contribution in [0.15, 0.2) is 47.3 Å². The lowest BCUT2D eigenvalue weighted by molar-refractivity contribution is 0.184. The van der Waals surface area contributed by atoms with Crippen molar-refractivity contribution in [3.63, 3.8) is 0 Å². The molecule has 2 heterocycles. The first-order valence-corrected chi connectivity index (χ1v) is 11.2. The highest BCUT2D eigenvalue weighted by Gasteiger charge is 2.29. The minimum atomic E-state index is -0.0769. The van der Waals surface area contributed by atoms with Crippen molar-refractivity contribution in [2.45, 2.75) is 37.6 Å². The van der Waals surface area contributed by atoms with E-state index in [0.717, 1.165) is 33.1 Å². The number of aromatic nitrogens is 2. The molecule has 1 aliphatic heterocycles. The Morgan fingerprint density at radius 3 is 2.45 bits per heavy atom. The molecule has 3 aromatic rings. The van der Waals surface area contributed by atoms with Crippen LogP contribution >= 0.6 is 22.6 Å². The molecule has 1 saturated carbocycles. The van der Waals surface area contributed by atoms with E-state index in [1.807, 2.05) is 39.8 Å². The molecule has 0 atom stereocenters. The number of imidazole rings is 1. The van der Waals surface area contributed by atoms with Gasteiger partial charge in [0, 0.05) is 28.4 Å². The van der Waals surface area contributed by atoms with Crippen LogP contribution in [0.25, 0.3) is 11.0 Å². The monoisotopic (exact) mass is 502 g/mol. The van der Waals surface area contributed by atoms with Crippen molar-refractivity contribution < 1.29 is 4.79 Å². The first kappa shape index (κ1) is 18.7. The molecule has 7 heteroatoms. The van der Waals surface area contributed by atoms with E-state index in [1.165, 1.54) is 18.4 Å². The number of para-hydroxylation sites is 1. The summed E-state index contributed by atoms with van der Waals surface area (Å²) in [6, 6.07) is 14.0. The van der Waals surface area contributed by atoms with E-state index in [4.69, 9.17) is 0 Å². The number of hydrogen-bond donors (Lipinski definition) is 2. The standard InChI is InChI=1S/C22H23IN4O2/c23-15-6-8-16(9-7-15)24-21(28)26-12-10-17(11-13-26)27-19-3-1-2-18(14-4-5-14)20(19)25-22(27)29/h1-3,6-9,14,17H,4-5,10-13H2,(H,24,28)(H,25,29). The second-order valence-electron chi connectivity index (χ2n) is 7.97. The number of fused-ring (bicyclic) bond motifs is 1. The molecule has 1 aromatic heterocycles. The quantitative estimate of drug-likeness (QED) is 0.511. The van der Waals surface area contributed by atoms with Gasteiger partial charge in [-0.25, -0.2) is 9.59 Å². The third-order valence-corrected chi connectivity index (χ3v) is 6.73. The van der Waals surface area contributed by atoms with Crippen LogP contribution in [0.2, 0.25) is 0 Å². The van der Waals surface area contributed by atoms with Crippen LogP contribution < -0.4 is 11.0 Å². The van der Waals surface area contributed by atoms with Crippen LogP contribution in [0, 0.1) is 3.57 Å². The summed E-state index contributed by atoms with van der Waals surface area (Å²) >= 11 is 2.24. The summed E-state index contributed by atoms with van der Waals surface area (Å²) in [5, 5.41) is 2.97. The molecule has 0 radical (unpaired) electrons. The molecule has 2 N–H and O–H groups in total. The number of rotatable bonds is 3. The lowest BCUT2D eigenvalue weighted by Crippen LogP contribution is -2.42. The van der Waals surface area contributed by atoms with Gasteiger partial charge in [-0.3, -0.25) is 4.57 Å². The second kappa shape index (κ2) is 7.51. The summed E-state index contributed by atoms with van der Waals surface area (Å²) in [6.07, 6.45) is 3.97. The average molecular weight is 502 g/mol. The number of H-pyrrole nitrogens is 1. The Labute approximate surface area is 182 Å². The van der Waals surface area contributed by atoms with E-state index in [2.05, 4.69) is 45.0 Å². The van der Waals surface area contributed by atoms with Crippen molar-refractivity contribution in [2.24, 2.45) is 0 Å². The van der Waals surface area contributed by atoms with Gasteiger partial charge in [-0.15, -0.1) is 0 Å². The Morgan fingerprint density at radius 1 is 1.03 bits per heavy atom. The summed E-state index contributed by atoms with van der Waals surface area (Å²) in [5.74, 6) is 0.594. The number of nitrogens with one attached hydrogen (secondary N) is 2. The number of piperidine rings is 1. The highest BCUT2D eigenvalue weighted by Crippen LogP contribution is 2.42. The number of benzene rings is 2. The molecule has 2 fully saturated rings. The summed E-state index contributed by atoms with van der Waals surface area (Å²) < 4.78 is 3.05. The van der Waals surface area contributed by atoms with Gasteiger partial charge in [-0.05, 0) is 90.1 Å². The van der Waals surface area contributed by atoms with Crippen LogP contribution in [0.5, 0.6) is 0 Å². The van der Waals surface area contributed by atoms with Crippen LogP contribution in [0.1, 0.15) is 43.2 Å². The molecule has 2 amide bonds. The molecule has 0 bridgehead atoms. The number of likely N-dealkylation sites (tertiary alicyclic amines) is 1. The first-order chi connectivity index (χ1) is 14.1. The van der Waals surface area contributed by atoms with E-state index < -0.39 is 0 Å². The molecular weight excluding hydrogens is 479 g/mol. The van der Waals surface area contributed by atoms with E-state index in [0.29, 0.717) is 19.0 Å². The summed E-state index contributed by atoms with van der Waals surface area (Å²) in [5.41, 5.74) is 4.04. The lowest BCUT2D eigenvalue weighted by Gasteiger charge is -2.32. The minimum Gasteiger partial charge on any atom is -0.324 e. The Balaban J connectivity index is 1.30. The van der Waals surface area contributed by atoms with Gasteiger partial charge in [0.1, 0.15) is 0 Å². The topological polar surface area (TPSA) is 70.1 Å². The van der Waals surface area contributed by atoms with Gasteiger partial charge >= 0.3 is 11.7 Å². The normalized spacial score (nSPS) is 17.6. The fraction of sp³-hybridized carbons (Fsp3) is 0.364. The molecule has 2 aromatic carbocycles. The largest absolute Gasteiger partial charge is 0.326 e. The lowest BCUT2D eigenvalue weighted by atomic mass is 10.0. The second-order valence-corrected chi connectivity index (χ2v) is 9.22. The van der Waals surface area contributed by atoms with Crippen molar-refractivity contribution in [1.82, 2.24) is 14.5 Å². The third kappa shape index (κ3) is 3.68. The number of nitrogens with zero attached hydrogens (tertiary/aromatic N) is 2. The predicted octanol–water partition coefficient (Wildman–Crippen LogP) is 4.68. The fourth-order valence-electron chi connectivity index (χ4n) is 4.33. The summed E-state index contributed by atoms with van der Waals surface area (Å²) in [4.78, 5) is 30.3. The first-order valence-electron chi connectivity index (χ1n) is 10.1. The molecule has 1 aliphatic carbocycles. The maximum absolute atomic E-state index is 12.7. The van der Waals surface area contributed by atoms with Crippen molar-refractivity contribution in [2.75, 3.05) is 18.4 Å². The van der Waals surface area contributed by atoms with Gasteiger partial charge in [0.2, 0.25) is 0 Å². The molecule has 6 nitrogen and oxygen atoms in total. The van der Waals surface area contributed by atoms with Crippen LogP contribution in [-0.2, 0) is 0 Å². The number of carbonyl (C=O) groups is 1. The average Bonchev–Trinajstić information content (AvgIpc) is 3.51. The molecule has 2 aliphatic rings. The molecule has 0 unspecified atom stereocenters. The van der Waals surface area contributed by atoms with Gasteiger partial charge in [0.15, 0.2) is 0 Å². The maximum Gasteiger partial charge on any atom is 0.326 e. The van der Waals surface area contributed by atoms with E-state index in [-0.39, 0.29) is 17.8 Å². The maximum atomic E-state index is 12.7. The van der Waals surface area contributed by atoms with Crippen molar-refractivity contribution >= 4 is 45.3 Å². The molecule has 0 spiro atoms. The Morgan fingerprint density at radius 2 is 1.76 bits per heavy atom. The molecular formula is C22H23IN4O2. The number of anilines is 1. The van der Waals surface area contributed by atoms with Gasteiger partial charge < -0.3 is 15.2 Å². The van der Waals surface area contributed by atoms with Crippen molar-refractivity contribution in [3.8, 4) is 0 Å². The van der Waals surface area contributed by atoms with Crippen molar-refractivity contribution in [3.05, 3.63) is 62.1 Å². The van der Waals surface area contributed by atoms with E-state index in [1.54, 1.807) is 0 Å². The molecule has 29 heavy (non-hydrogen) atoms. The van der Waals surface area contributed by atoms with Crippen LogP contribution in [0.4, 0.5) is 10.5 Å². The van der Waals surface area contributed by atoms with Gasteiger partial charge in [0.05, 0.1) is 11.0 Å². The molecule has 1 saturated heterocycles. The van der Waals surface area contributed by atoms with E-state index in [9.17, 15) is 9.59 Å². The Bertz CT molecular complexity index is 1110. The summed E-state index contributed by atoms with van der Waals surface area (Å²) in [7, 11) is 0. The number of urea groups is 1. The smallest absolute Gasteiger partial charge is 0.324 e. The zero-order chi connectivity index (χ0) is 20.0. The fourth-order valence-corrected chi connectivity index (χ4v) is 4.69. The number of hydrogen-bond acceptors (Lipinski definition) is 2. The Kier molecular flexibility index (Phi) is 4.85. The van der Waals surface area contributed by atoms with Gasteiger partial charge in [0.25, 0.3) is 0 Å². The zero-order valence-corrected chi connectivity index (χ0v) is 18.2. The molecule has 5 rings (SSSR count). The number of amides is 2. The molecule has 150 valence electrons. The zero-order valence-electron chi connectivity index (χ0n) is 16.0. The number of aromatic amines is 1. The predicted molar refractivity (Wildman–Crippen MR) is 123 cm³/mol. The highest BCUT2D eigenvalue weighted by atomic mass is 127. The Hall–Kier alpha value is -2.29. The SMILES string of the molecule is O=C(Nc1ccc(I)cc1)N1CCC(n2c(=O)[nH]c3c(C4CC4)cccc32)CC1.